The lowest BCUT2D eigenvalue weighted by molar-refractivity contribution is 0.474. The molecule has 0 aliphatic carbocycles. The van der Waals surface area contributed by atoms with E-state index in [0.717, 1.165) is 28.3 Å². The minimum absolute atomic E-state index is 0.267. The van der Waals surface area contributed by atoms with Crippen LogP contribution in [0, 0.1) is 20.8 Å². The third-order valence-corrected chi connectivity index (χ3v) is 2.88. The summed E-state index contributed by atoms with van der Waals surface area (Å²) in [5.74, 6) is 0.267. The van der Waals surface area contributed by atoms with Crippen LogP contribution in [0.2, 0.25) is 0 Å². The zero-order valence-corrected chi connectivity index (χ0v) is 10.8. The van der Waals surface area contributed by atoms with Crippen molar-refractivity contribution < 1.29 is 5.11 Å². The Balaban J connectivity index is 2.35. The molecule has 1 N–H and O–H groups in total. The fourth-order valence-electron chi connectivity index (χ4n) is 1.69. The van der Waals surface area contributed by atoms with Crippen LogP contribution in [0.15, 0.2) is 24.3 Å². The van der Waals surface area contributed by atoms with Gasteiger partial charge in [-0.2, -0.15) is 0 Å². The number of phenols is 1. The lowest BCUT2D eigenvalue weighted by atomic mass is 10.1. The Hall–Kier alpha value is -2.16. The summed E-state index contributed by atoms with van der Waals surface area (Å²) >= 11 is 0. The summed E-state index contributed by atoms with van der Waals surface area (Å²) in [4.78, 5) is 8.92. The van der Waals surface area contributed by atoms with Crippen molar-refractivity contribution in [2.75, 3.05) is 0 Å². The number of benzene rings is 1. The van der Waals surface area contributed by atoms with Crippen molar-refractivity contribution >= 4 is 12.2 Å². The molecule has 1 aromatic carbocycles. The monoisotopic (exact) mass is 240 g/mol. The summed E-state index contributed by atoms with van der Waals surface area (Å²) in [5, 5.41) is 9.67. The largest absolute Gasteiger partial charge is 0.507 e. The number of nitrogens with zero attached hydrogens (tertiary/aromatic N) is 2. The van der Waals surface area contributed by atoms with Gasteiger partial charge in [0, 0.05) is 5.56 Å². The van der Waals surface area contributed by atoms with Gasteiger partial charge in [0.2, 0.25) is 0 Å². The minimum Gasteiger partial charge on any atom is -0.507 e. The Morgan fingerprint density at radius 3 is 2.28 bits per heavy atom. The van der Waals surface area contributed by atoms with Gasteiger partial charge in [-0.15, -0.1) is 0 Å². The van der Waals surface area contributed by atoms with Gasteiger partial charge < -0.3 is 5.11 Å². The number of aromatic hydroxyl groups is 1. The fraction of sp³-hybridized carbons (Fsp3) is 0.200. The van der Waals surface area contributed by atoms with Crippen LogP contribution >= 0.6 is 0 Å². The van der Waals surface area contributed by atoms with Crippen LogP contribution in [-0.4, -0.2) is 15.1 Å². The lowest BCUT2D eigenvalue weighted by Crippen LogP contribution is -1.98. The van der Waals surface area contributed by atoms with Gasteiger partial charge in [0.25, 0.3) is 0 Å². The lowest BCUT2D eigenvalue weighted by Gasteiger charge is -2.04. The first-order valence-corrected chi connectivity index (χ1v) is 5.86. The van der Waals surface area contributed by atoms with Gasteiger partial charge in [0.05, 0.1) is 22.8 Å². The van der Waals surface area contributed by atoms with Crippen LogP contribution in [0.3, 0.4) is 0 Å². The summed E-state index contributed by atoms with van der Waals surface area (Å²) in [6.07, 6.45) is 3.73. The highest BCUT2D eigenvalue weighted by molar-refractivity contribution is 5.71. The highest BCUT2D eigenvalue weighted by Crippen LogP contribution is 2.19. The summed E-state index contributed by atoms with van der Waals surface area (Å²) in [6.45, 7) is 5.83. The Kier molecular flexibility index (Phi) is 3.42. The van der Waals surface area contributed by atoms with Gasteiger partial charge in [0.15, 0.2) is 0 Å². The van der Waals surface area contributed by atoms with Gasteiger partial charge in [-0.3, -0.25) is 4.98 Å². The molecule has 0 spiro atoms. The minimum atomic E-state index is 0.267. The van der Waals surface area contributed by atoms with Crippen molar-refractivity contribution in [1.29, 1.82) is 0 Å². The van der Waals surface area contributed by atoms with Crippen molar-refractivity contribution in [2.24, 2.45) is 0 Å². The maximum absolute atomic E-state index is 9.67. The van der Waals surface area contributed by atoms with E-state index in [4.69, 9.17) is 0 Å². The van der Waals surface area contributed by atoms with E-state index in [1.807, 2.05) is 45.1 Å². The molecule has 0 atom stereocenters. The van der Waals surface area contributed by atoms with Gasteiger partial charge in [-0.1, -0.05) is 18.2 Å². The number of aryl methyl sites for hydroxylation is 3. The molecule has 3 nitrogen and oxygen atoms in total. The zero-order chi connectivity index (χ0) is 13.1. The molecule has 0 unspecified atom stereocenters. The predicted molar refractivity (Wildman–Crippen MR) is 73.3 cm³/mol. The smallest absolute Gasteiger partial charge is 0.122 e. The third-order valence-electron chi connectivity index (χ3n) is 2.88. The molecule has 3 heteroatoms. The average molecular weight is 240 g/mol. The van der Waals surface area contributed by atoms with E-state index in [1.54, 1.807) is 12.1 Å². The van der Waals surface area contributed by atoms with Crippen LogP contribution in [0.4, 0.5) is 0 Å². The van der Waals surface area contributed by atoms with E-state index in [0.29, 0.717) is 0 Å². The highest BCUT2D eigenvalue weighted by atomic mass is 16.3. The van der Waals surface area contributed by atoms with Crippen LogP contribution in [0.25, 0.3) is 12.2 Å². The first-order chi connectivity index (χ1) is 8.58. The maximum atomic E-state index is 9.67. The molecule has 18 heavy (non-hydrogen) atoms. The number of aromatic nitrogens is 2. The van der Waals surface area contributed by atoms with Crippen LogP contribution < -0.4 is 0 Å². The Labute approximate surface area is 107 Å². The van der Waals surface area contributed by atoms with Gasteiger partial charge in [-0.05, 0) is 39.0 Å². The molecular formula is C15H16N2O. The number of phenolic OH excluding ortho intramolecular Hbond substituents is 1. The molecule has 0 amide bonds. The molecule has 2 rings (SSSR count). The molecule has 92 valence electrons. The predicted octanol–water partition coefficient (Wildman–Crippen LogP) is 3.28. The SMILES string of the molecule is Cc1nc(C)c(/C=C/c2ccccc2O)nc1C. The third kappa shape index (κ3) is 2.56. The van der Waals surface area contributed by atoms with E-state index < -0.39 is 0 Å². The molecule has 0 fully saturated rings. The summed E-state index contributed by atoms with van der Waals surface area (Å²) in [7, 11) is 0. The first-order valence-electron chi connectivity index (χ1n) is 5.86. The number of para-hydroxylation sites is 1. The van der Waals surface area contributed by atoms with E-state index in [1.165, 1.54) is 0 Å². The van der Waals surface area contributed by atoms with Crippen LogP contribution in [0.1, 0.15) is 28.3 Å². The molecule has 2 aromatic rings. The second-order valence-corrected chi connectivity index (χ2v) is 4.26. The average Bonchev–Trinajstić information content (AvgIpc) is 2.34. The molecular weight excluding hydrogens is 224 g/mol. The van der Waals surface area contributed by atoms with E-state index in [-0.39, 0.29) is 5.75 Å². The first kappa shape index (κ1) is 12.3. The van der Waals surface area contributed by atoms with E-state index >= 15 is 0 Å². The van der Waals surface area contributed by atoms with Gasteiger partial charge in [0.1, 0.15) is 5.75 Å². The van der Waals surface area contributed by atoms with Gasteiger partial charge in [-0.25, -0.2) is 4.98 Å². The molecule has 1 heterocycles. The summed E-state index contributed by atoms with van der Waals surface area (Å²) < 4.78 is 0. The van der Waals surface area contributed by atoms with E-state index in [2.05, 4.69) is 9.97 Å². The zero-order valence-electron chi connectivity index (χ0n) is 10.8. The Bertz CT molecular complexity index is 603. The highest BCUT2D eigenvalue weighted by Gasteiger charge is 2.02. The number of hydrogen-bond acceptors (Lipinski definition) is 3. The van der Waals surface area contributed by atoms with Gasteiger partial charge >= 0.3 is 0 Å². The van der Waals surface area contributed by atoms with Crippen molar-refractivity contribution in [2.45, 2.75) is 20.8 Å². The Morgan fingerprint density at radius 1 is 0.889 bits per heavy atom. The standard InChI is InChI=1S/C15H16N2O/c1-10-11(2)17-14(12(3)16-10)9-8-13-6-4-5-7-15(13)18/h4-9,18H,1-3H3/b9-8+. The van der Waals surface area contributed by atoms with Crippen LogP contribution in [0.5, 0.6) is 5.75 Å². The molecule has 0 saturated heterocycles. The molecule has 0 aliphatic rings. The second-order valence-electron chi connectivity index (χ2n) is 4.26. The molecule has 0 saturated carbocycles. The summed E-state index contributed by atoms with van der Waals surface area (Å²) in [6, 6.07) is 7.21. The quantitative estimate of drug-likeness (QED) is 0.876. The Morgan fingerprint density at radius 2 is 1.56 bits per heavy atom. The second kappa shape index (κ2) is 5.00. The molecule has 1 aromatic heterocycles. The molecule has 0 bridgehead atoms. The normalized spacial score (nSPS) is 11.1. The fourth-order valence-corrected chi connectivity index (χ4v) is 1.69. The topological polar surface area (TPSA) is 46.0 Å². The molecule has 0 radical (unpaired) electrons. The van der Waals surface area contributed by atoms with Crippen molar-refractivity contribution in [3.8, 4) is 5.75 Å². The number of rotatable bonds is 2. The van der Waals surface area contributed by atoms with Crippen molar-refractivity contribution in [1.82, 2.24) is 9.97 Å². The summed E-state index contributed by atoms with van der Waals surface area (Å²) in [5.41, 5.74) is 4.38. The maximum Gasteiger partial charge on any atom is 0.122 e. The van der Waals surface area contributed by atoms with Crippen LogP contribution in [-0.2, 0) is 0 Å². The van der Waals surface area contributed by atoms with Crippen molar-refractivity contribution in [3.63, 3.8) is 0 Å². The van der Waals surface area contributed by atoms with E-state index in [9.17, 15) is 5.11 Å². The molecule has 0 aliphatic heterocycles. The van der Waals surface area contributed by atoms with Crippen molar-refractivity contribution in [3.05, 3.63) is 52.6 Å². The number of hydrogen-bond donors (Lipinski definition) is 1.